The van der Waals surface area contributed by atoms with Crippen LogP contribution in [-0.4, -0.2) is 16.8 Å². The monoisotopic (exact) mass is 344 g/mol. The molecule has 1 atom stereocenters. The number of carbonyl (C=O) groups is 1. The zero-order valence-electron chi connectivity index (χ0n) is 14.1. The van der Waals surface area contributed by atoms with Gasteiger partial charge in [-0.2, -0.15) is 0 Å². The van der Waals surface area contributed by atoms with E-state index in [0.717, 1.165) is 11.1 Å². The van der Waals surface area contributed by atoms with E-state index in [0.29, 0.717) is 29.7 Å². The van der Waals surface area contributed by atoms with Gasteiger partial charge in [0.25, 0.3) is 0 Å². The topological polar surface area (TPSA) is 58.2 Å². The third-order valence-electron chi connectivity index (χ3n) is 3.35. The Bertz CT molecular complexity index is 687. The Morgan fingerprint density at radius 3 is 2.38 bits per heavy atom. The smallest absolute Gasteiger partial charge is 0.319 e. The number of hydrogen-bond donors (Lipinski definition) is 2. The van der Waals surface area contributed by atoms with Crippen molar-refractivity contribution >= 4 is 22.5 Å². The molecule has 2 amide bonds. The molecular weight excluding hydrogens is 320 g/mol. The van der Waals surface area contributed by atoms with E-state index < -0.39 is 10.8 Å². The van der Waals surface area contributed by atoms with E-state index in [1.165, 1.54) is 0 Å². The van der Waals surface area contributed by atoms with Gasteiger partial charge in [0.15, 0.2) is 0 Å². The molecule has 0 bridgehead atoms. The van der Waals surface area contributed by atoms with Crippen LogP contribution in [0, 0.1) is 5.92 Å². The van der Waals surface area contributed by atoms with E-state index in [2.05, 4.69) is 10.6 Å². The van der Waals surface area contributed by atoms with Crippen LogP contribution in [0.1, 0.15) is 25.0 Å². The molecule has 0 saturated carbocycles. The van der Waals surface area contributed by atoms with Crippen LogP contribution in [-0.2, 0) is 22.3 Å². The molecule has 4 nitrogen and oxygen atoms in total. The van der Waals surface area contributed by atoms with Crippen LogP contribution in [0.15, 0.2) is 54.6 Å². The zero-order valence-corrected chi connectivity index (χ0v) is 14.9. The predicted molar refractivity (Wildman–Crippen MR) is 100 cm³/mol. The lowest BCUT2D eigenvalue weighted by Crippen LogP contribution is -2.31. The van der Waals surface area contributed by atoms with E-state index >= 15 is 0 Å². The van der Waals surface area contributed by atoms with Gasteiger partial charge in [-0.05, 0) is 29.2 Å². The number of amides is 2. The summed E-state index contributed by atoms with van der Waals surface area (Å²) in [7, 11) is -0.981. The molecule has 0 unspecified atom stereocenters. The fraction of sp³-hybridized carbons (Fsp3) is 0.316. The summed E-state index contributed by atoms with van der Waals surface area (Å²) >= 11 is 0. The van der Waals surface area contributed by atoms with Crippen LogP contribution in [0.4, 0.5) is 10.5 Å². The van der Waals surface area contributed by atoms with Crippen LogP contribution >= 0.6 is 0 Å². The summed E-state index contributed by atoms with van der Waals surface area (Å²) in [6, 6.07) is 17.1. The molecule has 0 aliphatic heterocycles. The molecule has 0 spiro atoms. The molecule has 2 N–H and O–H groups in total. The van der Waals surface area contributed by atoms with Crippen LogP contribution in [0.5, 0.6) is 0 Å². The Morgan fingerprint density at radius 2 is 1.67 bits per heavy atom. The first kappa shape index (κ1) is 18.2. The van der Waals surface area contributed by atoms with Crippen molar-refractivity contribution < 1.29 is 9.00 Å². The Morgan fingerprint density at radius 1 is 1.00 bits per heavy atom. The first-order valence-corrected chi connectivity index (χ1v) is 9.54. The van der Waals surface area contributed by atoms with Crippen LogP contribution < -0.4 is 10.6 Å². The highest BCUT2D eigenvalue weighted by molar-refractivity contribution is 7.83. The summed E-state index contributed by atoms with van der Waals surface area (Å²) in [5.74, 6) is 1.41. The number of urea groups is 1. The summed E-state index contributed by atoms with van der Waals surface area (Å²) in [4.78, 5) is 11.8. The van der Waals surface area contributed by atoms with Gasteiger partial charge in [-0.15, -0.1) is 0 Å². The van der Waals surface area contributed by atoms with Gasteiger partial charge in [-0.25, -0.2) is 4.79 Å². The highest BCUT2D eigenvalue weighted by Crippen LogP contribution is 2.14. The molecule has 0 aliphatic carbocycles. The molecule has 2 rings (SSSR count). The molecule has 2 aromatic rings. The summed E-state index contributed by atoms with van der Waals surface area (Å²) in [6.07, 6.45) is 0. The molecule has 0 heterocycles. The largest absolute Gasteiger partial charge is 0.338 e. The van der Waals surface area contributed by atoms with Gasteiger partial charge in [0, 0.05) is 34.5 Å². The number of rotatable bonds is 7. The van der Waals surface area contributed by atoms with E-state index in [-0.39, 0.29) is 6.03 Å². The van der Waals surface area contributed by atoms with Crippen molar-refractivity contribution in [3.05, 3.63) is 65.7 Å². The lowest BCUT2D eigenvalue weighted by molar-refractivity contribution is 0.251. The second kappa shape index (κ2) is 9.23. The molecule has 0 aromatic heterocycles. The van der Waals surface area contributed by atoms with Crippen LogP contribution in [0.3, 0.4) is 0 Å². The Balaban J connectivity index is 1.90. The highest BCUT2D eigenvalue weighted by Gasteiger charge is 2.06. The third-order valence-corrected chi connectivity index (χ3v) is 4.66. The minimum absolute atomic E-state index is 0.216. The molecule has 128 valence electrons. The molecule has 24 heavy (non-hydrogen) atoms. The average Bonchev–Trinajstić information content (AvgIpc) is 2.54. The predicted octanol–water partition coefficient (Wildman–Crippen LogP) is 3.91. The van der Waals surface area contributed by atoms with Gasteiger partial charge in [-0.3, -0.25) is 4.21 Å². The summed E-state index contributed by atoms with van der Waals surface area (Å²) in [5.41, 5.74) is 2.73. The number of hydrogen-bond acceptors (Lipinski definition) is 2. The molecule has 0 saturated heterocycles. The SMILES string of the molecule is CC(C)CNC(=O)Nc1cccc(C[S@](=O)Cc2ccccc2)c1. The Labute approximate surface area is 146 Å². The van der Waals surface area contributed by atoms with Crippen molar-refractivity contribution in [2.24, 2.45) is 5.92 Å². The first-order valence-electron chi connectivity index (χ1n) is 8.05. The Kier molecular flexibility index (Phi) is 7.00. The van der Waals surface area contributed by atoms with E-state index in [1.54, 1.807) is 0 Å². The fourth-order valence-electron chi connectivity index (χ4n) is 2.21. The average molecular weight is 344 g/mol. The molecule has 2 aromatic carbocycles. The molecule has 0 fully saturated rings. The van der Waals surface area contributed by atoms with Crippen molar-refractivity contribution in [1.29, 1.82) is 0 Å². The minimum atomic E-state index is -0.981. The lowest BCUT2D eigenvalue weighted by atomic mass is 10.2. The van der Waals surface area contributed by atoms with Crippen molar-refractivity contribution in [3.63, 3.8) is 0 Å². The van der Waals surface area contributed by atoms with Crippen LogP contribution in [0.2, 0.25) is 0 Å². The number of benzene rings is 2. The van der Waals surface area contributed by atoms with Crippen molar-refractivity contribution in [2.75, 3.05) is 11.9 Å². The second-order valence-corrected chi connectivity index (χ2v) is 7.60. The van der Waals surface area contributed by atoms with Crippen molar-refractivity contribution in [2.45, 2.75) is 25.4 Å². The number of nitrogens with one attached hydrogen (secondary N) is 2. The van der Waals surface area contributed by atoms with Gasteiger partial charge >= 0.3 is 6.03 Å². The van der Waals surface area contributed by atoms with Crippen molar-refractivity contribution in [3.8, 4) is 0 Å². The molecule has 5 heteroatoms. The number of anilines is 1. The first-order chi connectivity index (χ1) is 11.5. The molecule has 0 radical (unpaired) electrons. The highest BCUT2D eigenvalue weighted by atomic mass is 32.2. The Hall–Kier alpha value is -2.14. The number of carbonyl (C=O) groups excluding carboxylic acids is 1. The summed E-state index contributed by atoms with van der Waals surface area (Å²) in [5, 5.41) is 5.63. The normalized spacial score (nSPS) is 12.0. The van der Waals surface area contributed by atoms with Gasteiger partial charge in [0.1, 0.15) is 0 Å². The van der Waals surface area contributed by atoms with Gasteiger partial charge < -0.3 is 10.6 Å². The molecular formula is C19H24N2O2S. The zero-order chi connectivity index (χ0) is 17.4. The quantitative estimate of drug-likeness (QED) is 0.800. The summed E-state index contributed by atoms with van der Waals surface area (Å²) in [6.45, 7) is 4.72. The van der Waals surface area contributed by atoms with Crippen molar-refractivity contribution in [1.82, 2.24) is 5.32 Å². The molecule has 0 aliphatic rings. The van der Waals surface area contributed by atoms with E-state index in [1.807, 2.05) is 68.4 Å². The van der Waals surface area contributed by atoms with E-state index in [9.17, 15) is 9.00 Å². The van der Waals surface area contributed by atoms with Gasteiger partial charge in [-0.1, -0.05) is 56.3 Å². The minimum Gasteiger partial charge on any atom is -0.338 e. The van der Waals surface area contributed by atoms with Crippen LogP contribution in [0.25, 0.3) is 0 Å². The lowest BCUT2D eigenvalue weighted by Gasteiger charge is -2.10. The maximum atomic E-state index is 12.3. The maximum absolute atomic E-state index is 12.3. The van der Waals surface area contributed by atoms with Gasteiger partial charge in [0.2, 0.25) is 0 Å². The third kappa shape index (κ3) is 6.54. The standard InChI is InChI=1S/C19H24N2O2S/c1-15(2)12-20-19(22)21-18-10-6-9-17(11-18)14-24(23)13-16-7-4-3-5-8-16/h3-11,15H,12-14H2,1-2H3,(H2,20,21,22)/t24-/m1/s1. The summed E-state index contributed by atoms with van der Waals surface area (Å²) < 4.78 is 12.3. The maximum Gasteiger partial charge on any atom is 0.319 e. The fourth-order valence-corrected chi connectivity index (χ4v) is 3.43. The van der Waals surface area contributed by atoms with Gasteiger partial charge in [0.05, 0.1) is 0 Å². The van der Waals surface area contributed by atoms with E-state index in [4.69, 9.17) is 0 Å². The second-order valence-electron chi connectivity index (χ2n) is 6.14.